The van der Waals surface area contributed by atoms with Gasteiger partial charge in [0.2, 0.25) is 5.95 Å². The Morgan fingerprint density at radius 2 is 2.21 bits per heavy atom. The largest absolute Gasteiger partial charge is 0.369 e. The molecule has 0 saturated heterocycles. The number of nitrogens with two attached hydrogens (primary N) is 1. The maximum atomic E-state index is 5.99. The molecule has 0 amide bonds. The number of likely N-dealkylation sites (N-methyl/N-ethyl adjacent to an activating group) is 1. The van der Waals surface area contributed by atoms with Crippen molar-refractivity contribution in [2.75, 3.05) is 19.3 Å². The number of nitrogen functional groups attached to an aromatic ring is 1. The minimum absolute atomic E-state index is 0.551. The first-order chi connectivity index (χ1) is 9.02. The summed E-state index contributed by atoms with van der Waals surface area (Å²) in [7, 11) is 2.14. The van der Waals surface area contributed by atoms with E-state index in [2.05, 4.69) is 30.8 Å². The highest BCUT2D eigenvalue weighted by Gasteiger charge is 2.11. The third kappa shape index (κ3) is 3.01. The molecular formula is C14H21ClN4. The molecule has 1 heterocycles. The van der Waals surface area contributed by atoms with Gasteiger partial charge in [0.15, 0.2) is 0 Å². The molecule has 2 rings (SSSR count). The monoisotopic (exact) mass is 280 g/mol. The highest BCUT2D eigenvalue weighted by Crippen LogP contribution is 2.21. The van der Waals surface area contributed by atoms with Crippen LogP contribution in [0.3, 0.4) is 0 Å². The highest BCUT2D eigenvalue weighted by atomic mass is 35.5. The fourth-order valence-electron chi connectivity index (χ4n) is 2.15. The number of imidazole rings is 1. The van der Waals surface area contributed by atoms with Gasteiger partial charge in [-0.3, -0.25) is 0 Å². The predicted molar refractivity (Wildman–Crippen MR) is 81.5 cm³/mol. The lowest BCUT2D eigenvalue weighted by Crippen LogP contribution is -2.31. The zero-order valence-corrected chi connectivity index (χ0v) is 12.5. The molecule has 0 bridgehead atoms. The van der Waals surface area contributed by atoms with Crippen molar-refractivity contribution in [3.8, 4) is 0 Å². The second-order valence-corrected chi connectivity index (χ2v) is 5.43. The normalized spacial score (nSPS) is 13.3. The minimum Gasteiger partial charge on any atom is -0.369 e. The Morgan fingerprint density at radius 3 is 2.89 bits per heavy atom. The van der Waals surface area contributed by atoms with Gasteiger partial charge in [-0.15, -0.1) is 0 Å². The molecule has 0 aliphatic carbocycles. The van der Waals surface area contributed by atoms with E-state index in [1.54, 1.807) is 0 Å². The van der Waals surface area contributed by atoms with E-state index in [-0.39, 0.29) is 0 Å². The summed E-state index contributed by atoms with van der Waals surface area (Å²) < 4.78 is 2.05. The van der Waals surface area contributed by atoms with Crippen molar-refractivity contribution in [1.82, 2.24) is 14.5 Å². The van der Waals surface area contributed by atoms with Crippen molar-refractivity contribution >= 4 is 28.6 Å². The van der Waals surface area contributed by atoms with E-state index in [1.165, 1.54) is 0 Å². The summed E-state index contributed by atoms with van der Waals surface area (Å²) in [5, 5.41) is 0.689. The second kappa shape index (κ2) is 5.80. The van der Waals surface area contributed by atoms with Crippen LogP contribution in [0.15, 0.2) is 18.2 Å². The molecule has 5 heteroatoms. The summed E-state index contributed by atoms with van der Waals surface area (Å²) in [5.41, 5.74) is 7.89. The van der Waals surface area contributed by atoms with E-state index in [4.69, 9.17) is 17.3 Å². The summed E-state index contributed by atoms with van der Waals surface area (Å²) in [6, 6.07) is 6.28. The van der Waals surface area contributed by atoms with E-state index in [1.807, 2.05) is 22.8 Å². The molecule has 2 aromatic rings. The van der Waals surface area contributed by atoms with Gasteiger partial charge < -0.3 is 15.2 Å². The lowest BCUT2D eigenvalue weighted by Gasteiger charge is -2.23. The average Bonchev–Trinajstić information content (AvgIpc) is 2.69. The number of hydrogen-bond acceptors (Lipinski definition) is 3. The van der Waals surface area contributed by atoms with Crippen LogP contribution in [0.2, 0.25) is 5.02 Å². The first-order valence-corrected chi connectivity index (χ1v) is 7.02. The number of hydrogen-bond donors (Lipinski definition) is 1. The Morgan fingerprint density at radius 1 is 1.47 bits per heavy atom. The van der Waals surface area contributed by atoms with Crippen molar-refractivity contribution in [1.29, 1.82) is 0 Å². The van der Waals surface area contributed by atoms with Crippen LogP contribution in [0.1, 0.15) is 20.3 Å². The average molecular weight is 281 g/mol. The van der Waals surface area contributed by atoms with Crippen molar-refractivity contribution < 1.29 is 0 Å². The number of halogens is 1. The maximum Gasteiger partial charge on any atom is 0.201 e. The van der Waals surface area contributed by atoms with Crippen LogP contribution in [0, 0.1) is 0 Å². The smallest absolute Gasteiger partial charge is 0.201 e. The first-order valence-electron chi connectivity index (χ1n) is 6.64. The summed E-state index contributed by atoms with van der Waals surface area (Å²) in [5.74, 6) is 0.551. The Balaban J connectivity index is 2.19. The van der Waals surface area contributed by atoms with Gasteiger partial charge in [0, 0.05) is 24.2 Å². The molecule has 1 unspecified atom stereocenters. The highest BCUT2D eigenvalue weighted by molar-refractivity contribution is 6.31. The van der Waals surface area contributed by atoms with Crippen molar-refractivity contribution in [2.45, 2.75) is 32.9 Å². The van der Waals surface area contributed by atoms with Gasteiger partial charge in [-0.25, -0.2) is 4.98 Å². The lowest BCUT2D eigenvalue weighted by atomic mass is 10.2. The zero-order valence-electron chi connectivity index (χ0n) is 11.7. The van der Waals surface area contributed by atoms with Gasteiger partial charge in [-0.1, -0.05) is 18.5 Å². The Hall–Kier alpha value is -1.26. The van der Waals surface area contributed by atoms with Crippen LogP contribution in [0.25, 0.3) is 11.0 Å². The predicted octanol–water partition coefficient (Wildman–Crippen LogP) is 3.00. The van der Waals surface area contributed by atoms with Gasteiger partial charge in [0.25, 0.3) is 0 Å². The molecule has 1 aromatic carbocycles. The molecule has 0 aliphatic rings. The zero-order chi connectivity index (χ0) is 14.0. The van der Waals surface area contributed by atoms with Gasteiger partial charge in [0.05, 0.1) is 11.0 Å². The molecule has 0 radical (unpaired) electrons. The van der Waals surface area contributed by atoms with E-state index in [9.17, 15) is 0 Å². The van der Waals surface area contributed by atoms with Crippen LogP contribution >= 0.6 is 11.6 Å². The van der Waals surface area contributed by atoms with Gasteiger partial charge in [-0.05, 0) is 38.6 Å². The quantitative estimate of drug-likeness (QED) is 0.916. The van der Waals surface area contributed by atoms with Gasteiger partial charge in [0.1, 0.15) is 0 Å². The Kier molecular flexibility index (Phi) is 4.32. The van der Waals surface area contributed by atoms with E-state index in [0.29, 0.717) is 17.0 Å². The standard InChI is InChI=1S/C14H21ClN4/c1-4-10(2)18(3)7-8-19-13-6-5-11(15)9-12(13)17-14(19)16/h5-6,9-10H,4,7-8H2,1-3H3,(H2,16,17). The van der Waals surface area contributed by atoms with E-state index >= 15 is 0 Å². The third-order valence-corrected chi connectivity index (χ3v) is 3.99. The number of fused-ring (bicyclic) bond motifs is 1. The molecule has 104 valence electrons. The van der Waals surface area contributed by atoms with Crippen LogP contribution in [-0.2, 0) is 6.54 Å². The van der Waals surface area contributed by atoms with E-state index < -0.39 is 0 Å². The molecule has 4 nitrogen and oxygen atoms in total. The van der Waals surface area contributed by atoms with Gasteiger partial charge in [-0.2, -0.15) is 0 Å². The summed E-state index contributed by atoms with van der Waals surface area (Å²) in [4.78, 5) is 6.69. The fraction of sp³-hybridized carbons (Fsp3) is 0.500. The molecule has 0 spiro atoms. The lowest BCUT2D eigenvalue weighted by molar-refractivity contribution is 0.244. The molecule has 0 saturated carbocycles. The molecule has 0 fully saturated rings. The number of anilines is 1. The second-order valence-electron chi connectivity index (χ2n) is 4.99. The summed E-state index contributed by atoms with van der Waals surface area (Å²) in [6.45, 7) is 6.22. The maximum absolute atomic E-state index is 5.99. The number of nitrogens with zero attached hydrogens (tertiary/aromatic N) is 3. The van der Waals surface area contributed by atoms with Crippen molar-refractivity contribution in [3.05, 3.63) is 23.2 Å². The Bertz CT molecular complexity index is 564. The fourth-order valence-corrected chi connectivity index (χ4v) is 2.31. The molecule has 19 heavy (non-hydrogen) atoms. The van der Waals surface area contributed by atoms with Crippen LogP contribution in [0.5, 0.6) is 0 Å². The molecule has 0 aliphatic heterocycles. The summed E-state index contributed by atoms with van der Waals surface area (Å²) >= 11 is 5.97. The molecular weight excluding hydrogens is 260 g/mol. The van der Waals surface area contributed by atoms with Crippen LogP contribution in [-0.4, -0.2) is 34.1 Å². The minimum atomic E-state index is 0.551. The van der Waals surface area contributed by atoms with E-state index in [0.717, 1.165) is 30.5 Å². The van der Waals surface area contributed by atoms with Crippen LogP contribution in [0.4, 0.5) is 5.95 Å². The Labute approximate surface area is 119 Å². The summed E-state index contributed by atoms with van der Waals surface area (Å²) in [6.07, 6.45) is 1.15. The topological polar surface area (TPSA) is 47.1 Å². The third-order valence-electron chi connectivity index (χ3n) is 3.76. The number of aromatic nitrogens is 2. The molecule has 1 atom stereocenters. The molecule has 2 N–H and O–H groups in total. The van der Waals surface area contributed by atoms with Crippen LogP contribution < -0.4 is 5.73 Å². The molecule has 1 aromatic heterocycles. The number of rotatable bonds is 5. The SMILES string of the molecule is CCC(C)N(C)CCn1c(N)nc2cc(Cl)ccc21. The van der Waals surface area contributed by atoms with Gasteiger partial charge >= 0.3 is 0 Å². The number of benzene rings is 1. The van der Waals surface area contributed by atoms with Crippen molar-refractivity contribution in [3.63, 3.8) is 0 Å². The first kappa shape index (κ1) is 14.2. The van der Waals surface area contributed by atoms with Crippen molar-refractivity contribution in [2.24, 2.45) is 0 Å².